The van der Waals surface area contributed by atoms with E-state index in [-0.39, 0.29) is 6.54 Å². The largest absolute Gasteiger partial charge is 0.382 e. The van der Waals surface area contributed by atoms with E-state index in [2.05, 4.69) is 5.32 Å². The highest BCUT2D eigenvalue weighted by molar-refractivity contribution is 5.80. The molecule has 0 aromatic heterocycles. The maximum absolute atomic E-state index is 10.5. The van der Waals surface area contributed by atoms with Crippen molar-refractivity contribution in [3.8, 4) is 0 Å². The van der Waals surface area contributed by atoms with Gasteiger partial charge in [0, 0.05) is 13.1 Å². The van der Waals surface area contributed by atoms with Gasteiger partial charge in [0.15, 0.2) is 0 Å². The third-order valence-corrected chi connectivity index (χ3v) is 0.877. The molecule has 0 heterocycles. The highest BCUT2D eigenvalue weighted by Gasteiger charge is 2.09. The van der Waals surface area contributed by atoms with Crippen LogP contribution in [0.25, 0.3) is 0 Å². The SMILES string of the molecule is CCNC(=O)[C@@H](O)CN. The van der Waals surface area contributed by atoms with Crippen molar-refractivity contribution < 1.29 is 9.90 Å². The van der Waals surface area contributed by atoms with Gasteiger partial charge in [0.05, 0.1) is 0 Å². The summed E-state index contributed by atoms with van der Waals surface area (Å²) in [6.45, 7) is 2.28. The molecular formula is C5H12N2O2. The van der Waals surface area contributed by atoms with Gasteiger partial charge in [-0.15, -0.1) is 0 Å². The maximum atomic E-state index is 10.5. The molecule has 0 saturated carbocycles. The Labute approximate surface area is 54.0 Å². The van der Waals surface area contributed by atoms with Crippen LogP contribution in [0.15, 0.2) is 0 Å². The first-order valence-electron chi connectivity index (χ1n) is 2.88. The van der Waals surface area contributed by atoms with E-state index in [4.69, 9.17) is 10.8 Å². The number of likely N-dealkylation sites (N-methyl/N-ethyl adjacent to an activating group) is 1. The predicted octanol–water partition coefficient (Wildman–Crippen LogP) is -1.56. The molecule has 0 aliphatic rings. The molecule has 54 valence electrons. The quantitative estimate of drug-likeness (QED) is 0.435. The molecule has 0 radical (unpaired) electrons. The fourth-order valence-corrected chi connectivity index (χ4v) is 0.399. The third kappa shape index (κ3) is 3.05. The van der Waals surface area contributed by atoms with Crippen LogP contribution >= 0.6 is 0 Å². The molecule has 0 bridgehead atoms. The van der Waals surface area contributed by atoms with E-state index in [0.29, 0.717) is 6.54 Å². The van der Waals surface area contributed by atoms with Crippen molar-refractivity contribution in [2.45, 2.75) is 13.0 Å². The molecule has 4 nitrogen and oxygen atoms in total. The van der Waals surface area contributed by atoms with Gasteiger partial charge in [0.25, 0.3) is 0 Å². The Bertz CT molecular complexity index is 95.0. The van der Waals surface area contributed by atoms with Gasteiger partial charge in [0.2, 0.25) is 5.91 Å². The van der Waals surface area contributed by atoms with E-state index < -0.39 is 12.0 Å². The Morgan fingerprint density at radius 2 is 2.44 bits per heavy atom. The van der Waals surface area contributed by atoms with Gasteiger partial charge in [0.1, 0.15) is 6.10 Å². The average molecular weight is 132 g/mol. The Kier molecular flexibility index (Phi) is 4.00. The monoisotopic (exact) mass is 132 g/mol. The summed E-state index contributed by atoms with van der Waals surface area (Å²) < 4.78 is 0. The van der Waals surface area contributed by atoms with Gasteiger partial charge >= 0.3 is 0 Å². The van der Waals surface area contributed by atoms with Gasteiger partial charge in [-0.2, -0.15) is 0 Å². The Morgan fingerprint density at radius 1 is 1.89 bits per heavy atom. The van der Waals surface area contributed by atoms with Gasteiger partial charge in [-0.1, -0.05) is 0 Å². The second kappa shape index (κ2) is 4.29. The van der Waals surface area contributed by atoms with Crippen molar-refractivity contribution >= 4 is 5.91 Å². The zero-order valence-corrected chi connectivity index (χ0v) is 5.42. The highest BCUT2D eigenvalue weighted by Crippen LogP contribution is 1.76. The number of amides is 1. The van der Waals surface area contributed by atoms with Crippen LogP contribution in [-0.4, -0.2) is 30.2 Å². The Balaban J connectivity index is 3.46. The van der Waals surface area contributed by atoms with Crippen molar-refractivity contribution in [3.05, 3.63) is 0 Å². The summed E-state index contributed by atoms with van der Waals surface area (Å²) in [5.41, 5.74) is 4.99. The summed E-state index contributed by atoms with van der Waals surface area (Å²) in [6.07, 6.45) is -1.05. The Hall–Kier alpha value is -0.610. The number of hydrogen-bond donors (Lipinski definition) is 3. The van der Waals surface area contributed by atoms with Crippen LogP contribution in [0, 0.1) is 0 Å². The Morgan fingerprint density at radius 3 is 2.78 bits per heavy atom. The molecule has 0 rings (SSSR count). The maximum Gasteiger partial charge on any atom is 0.250 e. The van der Waals surface area contributed by atoms with Crippen molar-refractivity contribution in [2.75, 3.05) is 13.1 Å². The minimum atomic E-state index is -1.05. The number of nitrogens with one attached hydrogen (secondary N) is 1. The topological polar surface area (TPSA) is 75.3 Å². The average Bonchev–Trinajstić information content (AvgIpc) is 1.87. The molecule has 0 fully saturated rings. The van der Waals surface area contributed by atoms with Crippen LogP contribution in [0.3, 0.4) is 0 Å². The van der Waals surface area contributed by atoms with E-state index >= 15 is 0 Å². The van der Waals surface area contributed by atoms with E-state index in [9.17, 15) is 4.79 Å². The summed E-state index contributed by atoms with van der Waals surface area (Å²) in [6, 6.07) is 0. The molecule has 0 aromatic carbocycles. The normalized spacial score (nSPS) is 12.8. The van der Waals surface area contributed by atoms with Crippen molar-refractivity contribution in [1.29, 1.82) is 0 Å². The highest BCUT2D eigenvalue weighted by atomic mass is 16.3. The fourth-order valence-electron chi connectivity index (χ4n) is 0.399. The van der Waals surface area contributed by atoms with Crippen LogP contribution in [0.1, 0.15) is 6.92 Å². The van der Waals surface area contributed by atoms with Gasteiger partial charge in [-0.05, 0) is 6.92 Å². The minimum absolute atomic E-state index is 0.0220. The molecule has 0 aromatic rings. The number of hydrogen-bond acceptors (Lipinski definition) is 3. The molecule has 0 aliphatic heterocycles. The van der Waals surface area contributed by atoms with E-state index in [1.165, 1.54) is 0 Å². The first-order chi connectivity index (χ1) is 4.22. The summed E-state index contributed by atoms with van der Waals surface area (Å²) in [4.78, 5) is 10.5. The van der Waals surface area contributed by atoms with E-state index in [1.807, 2.05) is 0 Å². The number of nitrogens with two attached hydrogens (primary N) is 1. The third-order valence-electron chi connectivity index (χ3n) is 0.877. The lowest BCUT2D eigenvalue weighted by atomic mass is 10.3. The molecule has 0 saturated heterocycles. The van der Waals surface area contributed by atoms with Crippen LogP contribution in [0.2, 0.25) is 0 Å². The van der Waals surface area contributed by atoms with E-state index in [1.54, 1.807) is 6.92 Å². The summed E-state index contributed by atoms with van der Waals surface area (Å²) >= 11 is 0. The number of aliphatic hydroxyl groups is 1. The smallest absolute Gasteiger partial charge is 0.250 e. The van der Waals surface area contributed by atoms with Crippen LogP contribution in [0.5, 0.6) is 0 Å². The van der Waals surface area contributed by atoms with Crippen molar-refractivity contribution in [3.63, 3.8) is 0 Å². The van der Waals surface area contributed by atoms with Crippen molar-refractivity contribution in [2.24, 2.45) is 5.73 Å². The lowest BCUT2D eigenvalue weighted by Crippen LogP contribution is -2.38. The predicted molar refractivity (Wildman–Crippen MR) is 33.7 cm³/mol. The second-order valence-corrected chi connectivity index (χ2v) is 1.65. The summed E-state index contributed by atoms with van der Waals surface area (Å²) in [5, 5.41) is 11.1. The lowest BCUT2D eigenvalue weighted by Gasteiger charge is -2.05. The van der Waals surface area contributed by atoms with Gasteiger partial charge < -0.3 is 16.2 Å². The second-order valence-electron chi connectivity index (χ2n) is 1.65. The summed E-state index contributed by atoms with van der Waals surface area (Å²) in [5.74, 6) is -0.403. The molecule has 1 atom stereocenters. The number of rotatable bonds is 3. The molecule has 4 heteroatoms. The summed E-state index contributed by atoms with van der Waals surface area (Å²) in [7, 11) is 0. The molecular weight excluding hydrogens is 120 g/mol. The molecule has 0 spiro atoms. The van der Waals surface area contributed by atoms with Crippen LogP contribution in [-0.2, 0) is 4.79 Å². The number of carbonyl (C=O) groups is 1. The number of carbonyl (C=O) groups excluding carboxylic acids is 1. The molecule has 9 heavy (non-hydrogen) atoms. The molecule has 4 N–H and O–H groups in total. The van der Waals surface area contributed by atoms with Crippen molar-refractivity contribution in [1.82, 2.24) is 5.32 Å². The molecule has 0 aliphatic carbocycles. The first-order valence-corrected chi connectivity index (χ1v) is 2.88. The zero-order chi connectivity index (χ0) is 7.28. The first kappa shape index (κ1) is 8.39. The molecule has 1 amide bonds. The van der Waals surface area contributed by atoms with Crippen LogP contribution in [0.4, 0.5) is 0 Å². The number of aliphatic hydroxyl groups excluding tert-OH is 1. The minimum Gasteiger partial charge on any atom is -0.382 e. The lowest BCUT2D eigenvalue weighted by molar-refractivity contribution is -0.128. The van der Waals surface area contributed by atoms with Gasteiger partial charge in [-0.3, -0.25) is 4.79 Å². The van der Waals surface area contributed by atoms with Crippen LogP contribution < -0.4 is 11.1 Å². The standard InChI is InChI=1S/C5H12N2O2/c1-2-7-5(9)4(8)3-6/h4,8H,2-3,6H2,1H3,(H,7,9)/t4-/m0/s1. The zero-order valence-electron chi connectivity index (χ0n) is 5.42. The van der Waals surface area contributed by atoms with Gasteiger partial charge in [-0.25, -0.2) is 0 Å². The fraction of sp³-hybridized carbons (Fsp3) is 0.800. The van der Waals surface area contributed by atoms with E-state index in [0.717, 1.165) is 0 Å². The molecule has 0 unspecified atom stereocenters.